The van der Waals surface area contributed by atoms with E-state index >= 15 is 0 Å². The number of unbranched alkanes of at least 4 members (excludes halogenated alkanes) is 2. The molecule has 0 saturated carbocycles. The summed E-state index contributed by atoms with van der Waals surface area (Å²) in [6, 6.07) is 31.5. The first-order valence-electron chi connectivity index (χ1n) is 11.3. The molecule has 1 N–H and O–H groups in total. The van der Waals surface area contributed by atoms with Crippen molar-refractivity contribution in [3.63, 3.8) is 0 Å². The lowest BCUT2D eigenvalue weighted by molar-refractivity contribution is -0.137. The molecule has 0 fully saturated rings. The average Bonchev–Trinajstić information content (AvgIpc) is 3.33. The molecule has 0 aliphatic rings. The van der Waals surface area contributed by atoms with E-state index < -0.39 is 11.5 Å². The molecule has 0 atom stereocenters. The number of carboxylic acids is 1. The molecule has 0 amide bonds. The predicted octanol–water partition coefficient (Wildman–Crippen LogP) is 6.38. The maximum Gasteiger partial charge on any atom is 0.303 e. The molecule has 0 saturated heterocycles. The first-order chi connectivity index (χ1) is 16.2. The Labute approximate surface area is 194 Å². The molecule has 0 radical (unpaired) electrons. The minimum atomic E-state index is -0.739. The zero-order chi connectivity index (χ0) is 22.9. The van der Waals surface area contributed by atoms with Crippen LogP contribution in [0.2, 0.25) is 0 Å². The summed E-state index contributed by atoms with van der Waals surface area (Å²) in [5.41, 5.74) is 3.78. The van der Waals surface area contributed by atoms with Gasteiger partial charge >= 0.3 is 5.97 Å². The molecule has 166 valence electrons. The smallest absolute Gasteiger partial charge is 0.303 e. The maximum atomic E-state index is 10.7. The summed E-state index contributed by atoms with van der Waals surface area (Å²) in [5, 5.41) is 8.78. The van der Waals surface area contributed by atoms with Crippen molar-refractivity contribution in [2.75, 3.05) is 0 Å². The highest BCUT2D eigenvalue weighted by molar-refractivity contribution is 5.66. The average molecular weight is 437 g/mol. The van der Waals surface area contributed by atoms with Crippen LogP contribution in [0.4, 0.5) is 0 Å². The number of aromatic nitrogens is 2. The Kier molecular flexibility index (Phi) is 7.16. The van der Waals surface area contributed by atoms with Gasteiger partial charge in [0.15, 0.2) is 0 Å². The van der Waals surface area contributed by atoms with Crippen molar-refractivity contribution in [2.24, 2.45) is 0 Å². The summed E-state index contributed by atoms with van der Waals surface area (Å²) in [6.45, 7) is 0. The highest BCUT2D eigenvalue weighted by Crippen LogP contribution is 2.40. The highest BCUT2D eigenvalue weighted by Gasteiger charge is 2.38. The molecule has 4 nitrogen and oxygen atoms in total. The van der Waals surface area contributed by atoms with Crippen LogP contribution in [0.1, 0.15) is 48.1 Å². The molecular weight excluding hydrogens is 408 g/mol. The predicted molar refractivity (Wildman–Crippen MR) is 132 cm³/mol. The Morgan fingerprint density at radius 2 is 1.33 bits per heavy atom. The SMILES string of the molecule is O=C(O)CCCC/C=C/c1cn(C(c2ccccc2)(c2ccccc2)c2ccccc2)cn1. The van der Waals surface area contributed by atoms with E-state index in [1.54, 1.807) is 0 Å². The molecule has 0 unspecified atom stereocenters. The number of rotatable bonds is 10. The van der Waals surface area contributed by atoms with Crippen molar-refractivity contribution in [1.29, 1.82) is 0 Å². The van der Waals surface area contributed by atoms with Gasteiger partial charge in [0.25, 0.3) is 0 Å². The molecule has 4 rings (SSSR count). The number of allylic oxidation sites excluding steroid dienone is 1. The van der Waals surface area contributed by atoms with Crippen molar-refractivity contribution in [1.82, 2.24) is 9.55 Å². The molecule has 1 heterocycles. The third kappa shape index (κ3) is 4.96. The fraction of sp³-hybridized carbons (Fsp3) is 0.172. The maximum absolute atomic E-state index is 10.7. The first-order valence-corrected chi connectivity index (χ1v) is 11.3. The Morgan fingerprint density at radius 3 is 1.82 bits per heavy atom. The summed E-state index contributed by atoms with van der Waals surface area (Å²) < 4.78 is 2.19. The first kappa shape index (κ1) is 22.3. The zero-order valence-corrected chi connectivity index (χ0v) is 18.5. The number of imidazole rings is 1. The van der Waals surface area contributed by atoms with Crippen LogP contribution in [0, 0.1) is 0 Å². The lowest BCUT2D eigenvalue weighted by atomic mass is 9.77. The molecule has 3 aromatic carbocycles. The highest BCUT2D eigenvalue weighted by atomic mass is 16.4. The summed E-state index contributed by atoms with van der Waals surface area (Å²) in [4.78, 5) is 15.4. The van der Waals surface area contributed by atoms with E-state index in [9.17, 15) is 4.79 Å². The van der Waals surface area contributed by atoms with Gasteiger partial charge in [-0.3, -0.25) is 4.79 Å². The van der Waals surface area contributed by atoms with Gasteiger partial charge in [-0.15, -0.1) is 0 Å². The third-order valence-electron chi connectivity index (χ3n) is 5.86. The van der Waals surface area contributed by atoms with E-state index in [2.05, 4.69) is 94.6 Å². The van der Waals surface area contributed by atoms with E-state index in [0.717, 1.165) is 35.2 Å². The van der Waals surface area contributed by atoms with Gasteiger partial charge in [-0.1, -0.05) is 97.1 Å². The van der Waals surface area contributed by atoms with Crippen molar-refractivity contribution in [2.45, 2.75) is 31.2 Å². The van der Waals surface area contributed by atoms with Gasteiger partial charge in [-0.2, -0.15) is 0 Å². The van der Waals surface area contributed by atoms with Gasteiger partial charge in [0.05, 0.1) is 12.0 Å². The summed E-state index contributed by atoms with van der Waals surface area (Å²) in [5.74, 6) is -0.739. The second-order valence-corrected chi connectivity index (χ2v) is 8.06. The minimum absolute atomic E-state index is 0.218. The number of nitrogens with zero attached hydrogens (tertiary/aromatic N) is 2. The molecule has 0 aliphatic heterocycles. The Balaban J connectivity index is 1.75. The van der Waals surface area contributed by atoms with Gasteiger partial charge in [0.2, 0.25) is 0 Å². The molecule has 0 bridgehead atoms. The van der Waals surface area contributed by atoms with Gasteiger partial charge in [-0.05, 0) is 42.0 Å². The summed E-state index contributed by atoms with van der Waals surface area (Å²) in [7, 11) is 0. The van der Waals surface area contributed by atoms with Crippen LogP contribution in [-0.4, -0.2) is 20.6 Å². The fourth-order valence-corrected chi connectivity index (χ4v) is 4.34. The van der Waals surface area contributed by atoms with E-state index in [1.165, 1.54) is 0 Å². The van der Waals surface area contributed by atoms with Gasteiger partial charge < -0.3 is 9.67 Å². The largest absolute Gasteiger partial charge is 0.481 e. The van der Waals surface area contributed by atoms with E-state index in [1.807, 2.05) is 30.6 Å². The lowest BCUT2D eigenvalue weighted by Gasteiger charge is -2.37. The van der Waals surface area contributed by atoms with Crippen LogP contribution >= 0.6 is 0 Å². The van der Waals surface area contributed by atoms with E-state index in [-0.39, 0.29) is 6.42 Å². The van der Waals surface area contributed by atoms with Crippen LogP contribution in [0.3, 0.4) is 0 Å². The molecular formula is C29H28N2O2. The molecule has 0 spiro atoms. The topological polar surface area (TPSA) is 55.1 Å². The molecule has 1 aromatic heterocycles. The van der Waals surface area contributed by atoms with Crippen LogP contribution in [0.25, 0.3) is 6.08 Å². The lowest BCUT2D eigenvalue weighted by Crippen LogP contribution is -2.36. The van der Waals surface area contributed by atoms with Crippen molar-refractivity contribution >= 4 is 12.0 Å². The van der Waals surface area contributed by atoms with Gasteiger partial charge in [0, 0.05) is 12.6 Å². The van der Waals surface area contributed by atoms with Crippen molar-refractivity contribution < 1.29 is 9.90 Å². The quantitative estimate of drug-likeness (QED) is 0.232. The van der Waals surface area contributed by atoms with E-state index in [0.29, 0.717) is 6.42 Å². The Hall–Kier alpha value is -3.92. The zero-order valence-electron chi connectivity index (χ0n) is 18.5. The van der Waals surface area contributed by atoms with Crippen molar-refractivity contribution in [3.8, 4) is 0 Å². The van der Waals surface area contributed by atoms with Crippen LogP contribution in [0.5, 0.6) is 0 Å². The number of carbonyl (C=O) groups is 1. The van der Waals surface area contributed by atoms with Gasteiger partial charge in [-0.25, -0.2) is 4.98 Å². The normalized spacial score (nSPS) is 11.6. The Bertz CT molecular complexity index is 1090. The van der Waals surface area contributed by atoms with E-state index in [4.69, 9.17) is 5.11 Å². The van der Waals surface area contributed by atoms with Crippen molar-refractivity contribution in [3.05, 3.63) is 132 Å². The standard InChI is InChI=1S/C29H28N2O2/c32-28(33)21-13-2-1-12-20-27-22-31(23-30-27)29(24-14-6-3-7-15-24,25-16-8-4-9-17-25)26-18-10-5-11-19-26/h3-12,14-20,22-23H,1-2,13,21H2,(H,32,33)/b20-12+. The third-order valence-corrected chi connectivity index (χ3v) is 5.86. The molecule has 0 aliphatic carbocycles. The Morgan fingerprint density at radius 1 is 0.818 bits per heavy atom. The minimum Gasteiger partial charge on any atom is -0.481 e. The number of carboxylic acid groups (broad SMARTS) is 1. The van der Waals surface area contributed by atoms with Crippen LogP contribution in [-0.2, 0) is 10.3 Å². The number of benzene rings is 3. The second kappa shape index (κ2) is 10.6. The number of hydrogen-bond acceptors (Lipinski definition) is 2. The summed E-state index contributed by atoms with van der Waals surface area (Å²) in [6.07, 6.45) is 10.7. The van der Waals surface area contributed by atoms with Crippen LogP contribution < -0.4 is 0 Å². The van der Waals surface area contributed by atoms with Gasteiger partial charge in [0.1, 0.15) is 5.54 Å². The summed E-state index contributed by atoms with van der Waals surface area (Å²) >= 11 is 0. The number of aliphatic carboxylic acids is 1. The molecule has 4 heteroatoms. The number of hydrogen-bond donors (Lipinski definition) is 1. The van der Waals surface area contributed by atoms with Crippen LogP contribution in [0.15, 0.2) is 110 Å². The fourth-order valence-electron chi connectivity index (χ4n) is 4.34. The second-order valence-electron chi connectivity index (χ2n) is 8.06. The monoisotopic (exact) mass is 436 g/mol. The molecule has 4 aromatic rings. The molecule has 33 heavy (non-hydrogen) atoms.